The summed E-state index contributed by atoms with van der Waals surface area (Å²) in [6, 6.07) is 14.7. The van der Waals surface area contributed by atoms with Crippen molar-refractivity contribution in [1.82, 2.24) is 46.2 Å². The highest BCUT2D eigenvalue weighted by Gasteiger charge is 2.54. The summed E-state index contributed by atoms with van der Waals surface area (Å²) in [6.45, 7) is 33.8. The molecular formula is C73H117N9O17. The number of fused-ring (bicyclic) bond motifs is 3. The third kappa shape index (κ3) is 25.6. The van der Waals surface area contributed by atoms with Crippen molar-refractivity contribution in [3.8, 4) is 11.1 Å². The molecule has 2 aromatic carbocycles. The van der Waals surface area contributed by atoms with E-state index < -0.39 is 116 Å². The molecule has 2 aliphatic rings. The van der Waals surface area contributed by atoms with Crippen LogP contribution in [0.5, 0.6) is 0 Å². The Morgan fingerprint density at radius 1 is 0.434 bits per heavy atom. The molecule has 556 valence electrons. The molecule has 2 aromatic rings. The van der Waals surface area contributed by atoms with Gasteiger partial charge in [0.15, 0.2) is 0 Å². The monoisotopic (exact) mass is 1390 g/mol. The number of nitrogens with one attached hydrogen (secondary N) is 5. The number of nitrogens with zero attached hydrogens (tertiary/aromatic N) is 4. The molecule has 1 aliphatic heterocycles. The molecule has 1 saturated heterocycles. The maximum absolute atomic E-state index is 15.1. The van der Waals surface area contributed by atoms with E-state index >= 15 is 4.79 Å². The number of aliphatic carboxylic acids is 3. The first kappa shape index (κ1) is 84.0. The zero-order chi connectivity index (χ0) is 74.8. The fraction of sp³-hybridized carbons (Fsp3) is 0.699. The minimum absolute atomic E-state index is 0.00691. The summed E-state index contributed by atoms with van der Waals surface area (Å²) >= 11 is 0. The lowest BCUT2D eigenvalue weighted by molar-refractivity contribution is -0.158. The van der Waals surface area contributed by atoms with Gasteiger partial charge >= 0.3 is 47.9 Å². The van der Waals surface area contributed by atoms with E-state index in [2.05, 4.69) is 26.6 Å². The largest absolute Gasteiger partial charge is 0.481 e. The highest BCUT2D eigenvalue weighted by atomic mass is 16.6. The number of carboxylic acids is 3. The van der Waals surface area contributed by atoms with Gasteiger partial charge in [-0.15, -0.1) is 0 Å². The number of carboxylic acid groups (broad SMARTS) is 3. The number of esters is 3. The molecule has 99 heavy (non-hydrogen) atoms. The van der Waals surface area contributed by atoms with Crippen molar-refractivity contribution in [3.05, 3.63) is 59.7 Å². The van der Waals surface area contributed by atoms with Gasteiger partial charge in [0.2, 0.25) is 11.8 Å². The fourth-order valence-electron chi connectivity index (χ4n) is 12.6. The van der Waals surface area contributed by atoms with Crippen LogP contribution < -0.4 is 26.6 Å². The van der Waals surface area contributed by atoms with E-state index in [1.807, 2.05) is 88.9 Å². The summed E-state index contributed by atoms with van der Waals surface area (Å²) < 4.78 is 23.2. The van der Waals surface area contributed by atoms with Crippen molar-refractivity contribution in [2.45, 2.75) is 215 Å². The molecule has 0 bridgehead atoms. The van der Waals surface area contributed by atoms with Gasteiger partial charge in [0.05, 0.1) is 26.2 Å². The summed E-state index contributed by atoms with van der Waals surface area (Å²) in [5, 5.41) is 45.0. The van der Waals surface area contributed by atoms with Gasteiger partial charge in [-0.25, -0.2) is 19.2 Å². The molecule has 0 radical (unpaired) electrons. The zero-order valence-corrected chi connectivity index (χ0v) is 62.3. The second kappa shape index (κ2) is 35.3. The van der Waals surface area contributed by atoms with E-state index in [0.29, 0.717) is 65.2 Å². The van der Waals surface area contributed by atoms with Crippen molar-refractivity contribution < 1.29 is 82.2 Å². The third-order valence-electron chi connectivity index (χ3n) is 18.2. The van der Waals surface area contributed by atoms with Crippen LogP contribution in [-0.2, 0) is 57.3 Å². The smallest absolute Gasteiger partial charge is 0.408 e. The number of rotatable bonds is 29. The van der Waals surface area contributed by atoms with Crippen LogP contribution in [0.1, 0.15) is 193 Å². The molecule has 4 rings (SSSR count). The number of carbonyl (C=O) groups excluding carboxylic acids is 7. The topological polar surface area (TPSA) is 341 Å². The van der Waals surface area contributed by atoms with Crippen molar-refractivity contribution >= 4 is 59.8 Å². The predicted molar refractivity (Wildman–Crippen MR) is 376 cm³/mol. The molecule has 3 unspecified atom stereocenters. The van der Waals surface area contributed by atoms with Gasteiger partial charge in [0.25, 0.3) is 0 Å². The molecule has 1 heterocycles. The van der Waals surface area contributed by atoms with Gasteiger partial charge in [-0.05, 0) is 146 Å². The molecule has 8 N–H and O–H groups in total. The van der Waals surface area contributed by atoms with E-state index in [1.54, 1.807) is 83.1 Å². The van der Waals surface area contributed by atoms with Gasteiger partial charge in [0.1, 0.15) is 40.0 Å². The van der Waals surface area contributed by atoms with Gasteiger partial charge in [0, 0.05) is 77.8 Å². The minimum atomic E-state index is -2.11. The molecule has 1 aliphatic carbocycles. The Labute approximate surface area is 586 Å². The molecule has 0 aromatic heterocycles. The number of hydrogen-bond acceptors (Lipinski definition) is 18. The van der Waals surface area contributed by atoms with Crippen LogP contribution in [0.25, 0.3) is 11.1 Å². The first-order chi connectivity index (χ1) is 45.6. The standard InChI is InChI=1S/C73H117N9O17/c1-65(2,3)71(78-64(95)96-49-54-52-29-21-19-27-50(52)51-28-20-22-30-53(51)54,60(89)75-36-26-24-33-72(61(90)91,66(4,5)6)76-63(94)77-73(62(92)93,67(7,8)9)34-31-56(84)85)32-23-25-35-74-55(83)45-79-37-39-80(46-57(86)97-68(10,11)12)41-43-82(48-59(88)99-70(16,17)18)44-42-81(40-38-79)47-58(87)98-69(13,14)15/h19-22,27-30,54H,23-26,31-49H2,1-18H3,(H,74,83)(H,75,89)(H,78,95)(H,84,85)(H,90,91)(H,92,93)(H2,76,77,94). The van der Waals surface area contributed by atoms with E-state index in [-0.39, 0.29) is 83.4 Å². The average molecular weight is 1390 g/mol. The van der Waals surface area contributed by atoms with Crippen LogP contribution in [0.15, 0.2) is 48.5 Å². The van der Waals surface area contributed by atoms with Gasteiger partial charge < -0.3 is 60.9 Å². The molecule has 1 fully saturated rings. The van der Waals surface area contributed by atoms with E-state index in [0.717, 1.165) is 22.3 Å². The highest BCUT2D eigenvalue weighted by molar-refractivity contribution is 5.92. The lowest BCUT2D eigenvalue weighted by Gasteiger charge is -2.45. The van der Waals surface area contributed by atoms with Gasteiger partial charge in [-0.2, -0.15) is 0 Å². The Bertz CT molecular complexity index is 3030. The number of ether oxygens (including phenoxy) is 4. The van der Waals surface area contributed by atoms with E-state index in [4.69, 9.17) is 18.9 Å². The van der Waals surface area contributed by atoms with Crippen molar-refractivity contribution in [3.63, 3.8) is 0 Å². The number of benzene rings is 2. The van der Waals surface area contributed by atoms with Crippen molar-refractivity contribution in [1.29, 1.82) is 0 Å². The first-order valence-corrected chi connectivity index (χ1v) is 34.7. The highest BCUT2D eigenvalue weighted by Crippen LogP contribution is 2.45. The molecular weight excluding hydrogens is 1270 g/mol. The first-order valence-electron chi connectivity index (χ1n) is 34.7. The Balaban J connectivity index is 1.58. The lowest BCUT2D eigenvalue weighted by Crippen LogP contribution is -2.69. The van der Waals surface area contributed by atoms with Crippen molar-refractivity contribution in [2.24, 2.45) is 16.2 Å². The van der Waals surface area contributed by atoms with Gasteiger partial charge in [-0.1, -0.05) is 111 Å². The molecule has 26 heteroatoms. The molecule has 26 nitrogen and oxygen atoms in total. The summed E-state index contributed by atoms with van der Waals surface area (Å²) in [5.41, 5.74) is -7.28. The normalized spacial score (nSPS) is 17.0. The quantitative estimate of drug-likeness (QED) is 0.0217. The minimum Gasteiger partial charge on any atom is -0.481 e. The summed E-state index contributed by atoms with van der Waals surface area (Å²) in [7, 11) is 0. The van der Waals surface area contributed by atoms with E-state index in [1.165, 1.54) is 20.8 Å². The van der Waals surface area contributed by atoms with Crippen LogP contribution in [0.3, 0.4) is 0 Å². The van der Waals surface area contributed by atoms with Gasteiger partial charge in [-0.3, -0.25) is 48.4 Å². The molecule has 0 spiro atoms. The summed E-state index contributed by atoms with van der Waals surface area (Å²) in [4.78, 5) is 143. The molecule has 3 atom stereocenters. The lowest BCUT2D eigenvalue weighted by atomic mass is 9.69. The number of hydrogen-bond donors (Lipinski definition) is 8. The van der Waals surface area contributed by atoms with Crippen LogP contribution >= 0.6 is 0 Å². The predicted octanol–water partition coefficient (Wildman–Crippen LogP) is 8.03. The fourth-order valence-corrected chi connectivity index (χ4v) is 12.6. The Kier molecular flexibility index (Phi) is 29.9. The number of alkyl carbamates (subject to hydrolysis) is 1. The second-order valence-corrected chi connectivity index (χ2v) is 32.4. The maximum Gasteiger partial charge on any atom is 0.408 e. The Morgan fingerprint density at radius 3 is 1.13 bits per heavy atom. The SMILES string of the molecule is CC(C)(C)OC(=O)CN1CCN(CC(=O)NCCCCC(NC(=O)OCC2c3ccccc3-c3ccccc32)(C(=O)NCCCCC(NC(=O)NC(CCC(=O)O)(C(=O)O)C(C)(C)C)(C(=O)O)C(C)(C)C)C(C)(C)C)CCN(CC(=O)OC(C)(C)C)CCN(CC(=O)OC(C)(C)C)CC1. The zero-order valence-electron chi connectivity index (χ0n) is 62.3. The number of urea groups is 1. The number of amides is 5. The number of carbonyl (C=O) groups is 10. The van der Waals surface area contributed by atoms with Crippen LogP contribution in [0, 0.1) is 16.2 Å². The number of unbranched alkanes of at least 4 members (excludes halogenated alkanes) is 2. The van der Waals surface area contributed by atoms with E-state index in [9.17, 15) is 58.5 Å². The average Bonchev–Trinajstić information content (AvgIpc) is 1.74. The van der Waals surface area contributed by atoms with Crippen LogP contribution in [-0.4, -0.2) is 226 Å². The maximum atomic E-state index is 15.1. The summed E-state index contributed by atoms with van der Waals surface area (Å²) in [6.07, 6.45) is -1.03. The van der Waals surface area contributed by atoms with Crippen LogP contribution in [0.4, 0.5) is 9.59 Å². The molecule has 5 amide bonds. The van der Waals surface area contributed by atoms with Crippen LogP contribution in [0.2, 0.25) is 0 Å². The summed E-state index contributed by atoms with van der Waals surface area (Å²) in [5.74, 6) is -6.60. The third-order valence-corrected chi connectivity index (χ3v) is 18.2. The second-order valence-electron chi connectivity index (χ2n) is 32.4. The van der Waals surface area contributed by atoms with Crippen molar-refractivity contribution in [2.75, 3.05) is 98.2 Å². The Morgan fingerprint density at radius 2 is 0.778 bits per heavy atom. The Hall–Kier alpha value is -7.42. The molecule has 0 saturated carbocycles.